The largest absolute Gasteiger partial charge is 0.481 e. The summed E-state index contributed by atoms with van der Waals surface area (Å²) in [5, 5.41) is 9.05. The Kier molecular flexibility index (Phi) is 4.55. The lowest BCUT2D eigenvalue weighted by atomic mass is 9.87. The van der Waals surface area contributed by atoms with Gasteiger partial charge in [0.25, 0.3) is 0 Å². The van der Waals surface area contributed by atoms with E-state index in [1.54, 1.807) is 4.90 Å². The van der Waals surface area contributed by atoms with Crippen LogP contribution in [0.15, 0.2) is 0 Å². The Bertz CT molecular complexity index is 392. The first kappa shape index (κ1) is 15.5. The van der Waals surface area contributed by atoms with Gasteiger partial charge in [-0.15, -0.1) is 0 Å². The second-order valence-electron chi connectivity index (χ2n) is 5.94. The van der Waals surface area contributed by atoms with E-state index in [1.807, 2.05) is 6.92 Å². The van der Waals surface area contributed by atoms with Crippen LogP contribution in [0.1, 0.15) is 40.0 Å². The molecule has 0 radical (unpaired) electrons. The predicted molar refractivity (Wildman–Crippen MR) is 69.1 cm³/mol. The van der Waals surface area contributed by atoms with E-state index in [0.29, 0.717) is 19.4 Å². The molecule has 1 rings (SSSR count). The van der Waals surface area contributed by atoms with Crippen LogP contribution in [0.2, 0.25) is 0 Å². The third-order valence-corrected chi connectivity index (χ3v) is 3.78. The van der Waals surface area contributed by atoms with Crippen molar-refractivity contribution in [2.24, 2.45) is 17.1 Å². The minimum atomic E-state index is -1.10. The summed E-state index contributed by atoms with van der Waals surface area (Å²) in [6.07, 6.45) is 1.33. The minimum absolute atomic E-state index is 0.0210. The van der Waals surface area contributed by atoms with E-state index < -0.39 is 17.3 Å². The Balaban J connectivity index is 2.74. The maximum atomic E-state index is 12.2. The van der Waals surface area contributed by atoms with Crippen LogP contribution in [0, 0.1) is 11.3 Å². The third kappa shape index (κ3) is 3.68. The molecule has 1 fully saturated rings. The van der Waals surface area contributed by atoms with Gasteiger partial charge < -0.3 is 15.7 Å². The summed E-state index contributed by atoms with van der Waals surface area (Å²) >= 11 is 0. The van der Waals surface area contributed by atoms with Crippen LogP contribution in [-0.4, -0.2) is 40.4 Å². The summed E-state index contributed by atoms with van der Waals surface area (Å²) in [6.45, 7) is 5.24. The van der Waals surface area contributed by atoms with Gasteiger partial charge in [0.1, 0.15) is 0 Å². The van der Waals surface area contributed by atoms with Crippen LogP contribution >= 0.6 is 0 Å². The Hall–Kier alpha value is -1.59. The molecule has 0 spiro atoms. The average Bonchev–Trinajstić information content (AvgIpc) is 2.28. The van der Waals surface area contributed by atoms with Gasteiger partial charge in [0.15, 0.2) is 0 Å². The molecule has 1 aliphatic rings. The maximum Gasteiger partial charge on any atom is 0.309 e. The highest BCUT2D eigenvalue weighted by atomic mass is 16.4. The van der Waals surface area contributed by atoms with E-state index >= 15 is 0 Å². The van der Waals surface area contributed by atoms with Gasteiger partial charge in [0.05, 0.1) is 11.3 Å². The van der Waals surface area contributed by atoms with E-state index in [9.17, 15) is 14.4 Å². The molecule has 0 saturated carbocycles. The number of hydrogen-bond donors (Lipinski definition) is 2. The molecule has 1 heterocycles. The number of carbonyl (C=O) groups excluding carboxylic acids is 2. The van der Waals surface area contributed by atoms with Gasteiger partial charge in [0, 0.05) is 19.0 Å². The number of nitrogens with zero attached hydrogens (tertiary/aromatic N) is 1. The monoisotopic (exact) mass is 270 g/mol. The summed E-state index contributed by atoms with van der Waals surface area (Å²) < 4.78 is 0. The Morgan fingerprint density at radius 3 is 2.37 bits per heavy atom. The standard InChI is InChI=1S/C13H22N2O4/c1-8-4-5-9(11(14)17)7-15(8)10(16)6-13(2,3)12(18)19/h8-9H,4-7H2,1-3H3,(H2,14,17)(H,18,19). The molecule has 108 valence electrons. The fourth-order valence-electron chi connectivity index (χ4n) is 2.24. The van der Waals surface area contributed by atoms with Gasteiger partial charge in [-0.3, -0.25) is 14.4 Å². The van der Waals surface area contributed by atoms with E-state index in [-0.39, 0.29) is 24.3 Å². The Labute approximate surface area is 112 Å². The number of carboxylic acids is 1. The molecule has 0 aromatic heterocycles. The number of rotatable bonds is 4. The number of primary amides is 1. The lowest BCUT2D eigenvalue weighted by Crippen LogP contribution is -2.49. The first-order valence-corrected chi connectivity index (χ1v) is 6.47. The fraction of sp³-hybridized carbons (Fsp3) is 0.769. The summed E-state index contributed by atoms with van der Waals surface area (Å²) in [4.78, 5) is 36.1. The summed E-state index contributed by atoms with van der Waals surface area (Å²) in [5.41, 5.74) is 4.18. The van der Waals surface area contributed by atoms with Crippen molar-refractivity contribution >= 4 is 17.8 Å². The van der Waals surface area contributed by atoms with Gasteiger partial charge in [-0.2, -0.15) is 0 Å². The molecule has 0 aromatic carbocycles. The van der Waals surface area contributed by atoms with Crippen LogP contribution in [0.5, 0.6) is 0 Å². The molecule has 2 amide bonds. The number of nitrogens with two attached hydrogens (primary N) is 1. The lowest BCUT2D eigenvalue weighted by molar-refractivity contribution is -0.153. The zero-order valence-corrected chi connectivity index (χ0v) is 11.7. The normalized spacial score (nSPS) is 24.1. The van der Waals surface area contributed by atoms with E-state index in [0.717, 1.165) is 0 Å². The molecule has 1 saturated heterocycles. The SMILES string of the molecule is CC1CCC(C(N)=O)CN1C(=O)CC(C)(C)C(=O)O. The van der Waals surface area contributed by atoms with Crippen LogP contribution in [0.3, 0.4) is 0 Å². The van der Waals surface area contributed by atoms with Crippen molar-refractivity contribution < 1.29 is 19.5 Å². The number of aliphatic carboxylic acids is 1. The first-order chi connectivity index (χ1) is 8.65. The molecule has 6 heteroatoms. The molecule has 0 aromatic rings. The highest BCUT2D eigenvalue weighted by Crippen LogP contribution is 2.27. The smallest absolute Gasteiger partial charge is 0.309 e. The molecular formula is C13H22N2O4. The fourth-order valence-corrected chi connectivity index (χ4v) is 2.24. The molecule has 2 atom stereocenters. The molecule has 1 aliphatic heterocycles. The van der Waals surface area contributed by atoms with E-state index in [4.69, 9.17) is 10.8 Å². The second kappa shape index (κ2) is 5.59. The Morgan fingerprint density at radius 1 is 1.32 bits per heavy atom. The van der Waals surface area contributed by atoms with Crippen molar-refractivity contribution in [3.8, 4) is 0 Å². The quantitative estimate of drug-likeness (QED) is 0.781. The van der Waals surface area contributed by atoms with Crippen molar-refractivity contribution in [3.63, 3.8) is 0 Å². The van der Waals surface area contributed by atoms with Gasteiger partial charge in [-0.05, 0) is 33.6 Å². The molecule has 0 bridgehead atoms. The molecular weight excluding hydrogens is 248 g/mol. The molecule has 2 unspecified atom stereocenters. The summed E-state index contributed by atoms with van der Waals surface area (Å²) in [7, 11) is 0. The van der Waals surface area contributed by atoms with Crippen LogP contribution in [0.25, 0.3) is 0 Å². The average molecular weight is 270 g/mol. The van der Waals surface area contributed by atoms with Gasteiger partial charge in [0.2, 0.25) is 11.8 Å². The van der Waals surface area contributed by atoms with Crippen LogP contribution < -0.4 is 5.73 Å². The van der Waals surface area contributed by atoms with E-state index in [1.165, 1.54) is 13.8 Å². The van der Waals surface area contributed by atoms with Gasteiger partial charge in [-0.25, -0.2) is 0 Å². The number of hydrogen-bond acceptors (Lipinski definition) is 3. The number of carboxylic acid groups (broad SMARTS) is 1. The number of likely N-dealkylation sites (tertiary alicyclic amines) is 1. The van der Waals surface area contributed by atoms with Crippen LogP contribution in [0.4, 0.5) is 0 Å². The first-order valence-electron chi connectivity index (χ1n) is 6.47. The predicted octanol–water partition coefficient (Wildman–Crippen LogP) is 0.600. The van der Waals surface area contributed by atoms with Crippen molar-refractivity contribution in [2.45, 2.75) is 46.1 Å². The van der Waals surface area contributed by atoms with Crippen LogP contribution in [-0.2, 0) is 14.4 Å². The van der Waals surface area contributed by atoms with Crippen molar-refractivity contribution in [1.29, 1.82) is 0 Å². The zero-order chi connectivity index (χ0) is 14.8. The highest BCUT2D eigenvalue weighted by Gasteiger charge is 2.36. The van der Waals surface area contributed by atoms with Gasteiger partial charge >= 0.3 is 5.97 Å². The molecule has 6 nitrogen and oxygen atoms in total. The lowest BCUT2D eigenvalue weighted by Gasteiger charge is -2.38. The van der Waals surface area contributed by atoms with Crippen molar-refractivity contribution in [3.05, 3.63) is 0 Å². The summed E-state index contributed by atoms with van der Waals surface area (Å²) in [5.74, 6) is -1.96. The second-order valence-corrected chi connectivity index (χ2v) is 5.94. The highest BCUT2D eigenvalue weighted by molar-refractivity contribution is 5.85. The summed E-state index contributed by atoms with van der Waals surface area (Å²) in [6, 6.07) is 0.0210. The minimum Gasteiger partial charge on any atom is -0.481 e. The molecule has 19 heavy (non-hydrogen) atoms. The number of carbonyl (C=O) groups is 3. The third-order valence-electron chi connectivity index (χ3n) is 3.78. The molecule has 3 N–H and O–H groups in total. The van der Waals surface area contributed by atoms with Crippen molar-refractivity contribution in [2.75, 3.05) is 6.54 Å². The zero-order valence-electron chi connectivity index (χ0n) is 11.7. The Morgan fingerprint density at radius 2 is 1.89 bits per heavy atom. The molecule has 0 aliphatic carbocycles. The van der Waals surface area contributed by atoms with E-state index in [2.05, 4.69) is 0 Å². The van der Waals surface area contributed by atoms with Gasteiger partial charge in [-0.1, -0.05) is 0 Å². The van der Waals surface area contributed by atoms with Crippen molar-refractivity contribution in [1.82, 2.24) is 4.90 Å². The number of piperidine rings is 1. The number of amides is 2. The topological polar surface area (TPSA) is 101 Å². The maximum absolute atomic E-state index is 12.2.